The Morgan fingerprint density at radius 3 is 2.74 bits per heavy atom. The monoisotopic (exact) mass is 406 g/mol. The van der Waals surface area contributed by atoms with Gasteiger partial charge in [-0.1, -0.05) is 0 Å². The third-order valence-electron chi connectivity index (χ3n) is 3.06. The molecule has 0 bridgehead atoms. The van der Waals surface area contributed by atoms with Crippen molar-refractivity contribution in [2.24, 2.45) is 12.8 Å². The largest absolute Gasteiger partial charge is 0.337 e. The minimum absolute atomic E-state index is 0.198. The molecule has 0 aliphatic carbocycles. The number of rotatable bonds is 5. The van der Waals surface area contributed by atoms with E-state index in [1.54, 1.807) is 11.3 Å². The molecule has 0 spiro atoms. The van der Waals surface area contributed by atoms with Crippen LogP contribution in [-0.2, 0) is 13.6 Å². The van der Waals surface area contributed by atoms with Gasteiger partial charge in [0, 0.05) is 35.3 Å². The van der Waals surface area contributed by atoms with E-state index in [2.05, 4.69) is 54.9 Å². The highest BCUT2D eigenvalue weighted by atomic mass is 79.9. The van der Waals surface area contributed by atoms with Gasteiger partial charge in [-0.25, -0.2) is 4.98 Å². The Bertz CT molecular complexity index is 532. The summed E-state index contributed by atoms with van der Waals surface area (Å²) in [6, 6.07) is 2.32. The number of aromatic nitrogens is 2. The molecule has 0 aliphatic rings. The number of nitrogens with zero attached hydrogens (tertiary/aromatic N) is 3. The summed E-state index contributed by atoms with van der Waals surface area (Å²) in [5, 5.41) is 0. The van der Waals surface area contributed by atoms with E-state index in [1.165, 1.54) is 4.88 Å². The molecule has 7 heteroatoms. The highest BCUT2D eigenvalue weighted by Gasteiger charge is 2.20. The fourth-order valence-corrected chi connectivity index (χ4v) is 4.19. The van der Waals surface area contributed by atoms with Crippen molar-refractivity contribution in [2.45, 2.75) is 12.6 Å². The molecule has 0 saturated heterocycles. The van der Waals surface area contributed by atoms with E-state index in [4.69, 9.17) is 5.73 Å². The second kappa shape index (κ2) is 6.49. The van der Waals surface area contributed by atoms with Gasteiger partial charge in [0.05, 0.1) is 16.4 Å². The molecule has 4 nitrogen and oxygen atoms in total. The SMILES string of the molecule is CN(Cc1nccn1C)C(CN)c1cc(Br)c(Br)s1. The third kappa shape index (κ3) is 3.46. The average Bonchev–Trinajstić information content (AvgIpc) is 2.89. The van der Waals surface area contributed by atoms with Crippen LogP contribution in [0, 0.1) is 0 Å². The minimum atomic E-state index is 0.198. The quantitative estimate of drug-likeness (QED) is 0.827. The van der Waals surface area contributed by atoms with Crippen LogP contribution in [0.15, 0.2) is 26.7 Å². The molecule has 0 aromatic carbocycles. The zero-order valence-corrected chi connectivity index (χ0v) is 14.8. The highest BCUT2D eigenvalue weighted by Crippen LogP contribution is 2.37. The molecule has 2 aromatic rings. The van der Waals surface area contributed by atoms with Crippen molar-refractivity contribution in [2.75, 3.05) is 13.6 Å². The summed E-state index contributed by atoms with van der Waals surface area (Å²) in [5.41, 5.74) is 5.94. The lowest BCUT2D eigenvalue weighted by molar-refractivity contribution is 0.237. The van der Waals surface area contributed by atoms with Crippen molar-refractivity contribution in [3.05, 3.63) is 37.4 Å². The fourth-order valence-electron chi connectivity index (χ4n) is 1.92. The van der Waals surface area contributed by atoms with E-state index in [0.29, 0.717) is 6.54 Å². The molecule has 0 saturated carbocycles. The van der Waals surface area contributed by atoms with Gasteiger partial charge in [-0.2, -0.15) is 0 Å². The summed E-state index contributed by atoms with van der Waals surface area (Å²) in [6.07, 6.45) is 3.78. The van der Waals surface area contributed by atoms with Gasteiger partial charge in [0.1, 0.15) is 5.82 Å². The molecule has 1 atom stereocenters. The van der Waals surface area contributed by atoms with Crippen molar-refractivity contribution in [1.29, 1.82) is 0 Å². The van der Waals surface area contributed by atoms with Gasteiger partial charge in [-0.3, -0.25) is 4.90 Å². The molecule has 2 heterocycles. The van der Waals surface area contributed by atoms with Crippen LogP contribution in [0.4, 0.5) is 0 Å². The van der Waals surface area contributed by atoms with E-state index < -0.39 is 0 Å². The number of likely N-dealkylation sites (N-methyl/N-ethyl adjacent to an activating group) is 1. The number of nitrogens with two attached hydrogens (primary N) is 1. The van der Waals surface area contributed by atoms with Crippen LogP contribution < -0.4 is 5.73 Å². The summed E-state index contributed by atoms with van der Waals surface area (Å²) < 4.78 is 4.22. The van der Waals surface area contributed by atoms with Gasteiger partial charge < -0.3 is 10.3 Å². The van der Waals surface area contributed by atoms with Crippen LogP contribution in [0.3, 0.4) is 0 Å². The predicted molar refractivity (Wildman–Crippen MR) is 86.2 cm³/mol. The molecular weight excluding hydrogens is 392 g/mol. The topological polar surface area (TPSA) is 47.1 Å². The van der Waals surface area contributed by atoms with E-state index in [1.807, 2.05) is 24.0 Å². The van der Waals surface area contributed by atoms with Crippen LogP contribution >= 0.6 is 43.2 Å². The summed E-state index contributed by atoms with van der Waals surface area (Å²) in [6.45, 7) is 1.36. The number of imidazole rings is 1. The van der Waals surface area contributed by atoms with Crippen molar-refractivity contribution >= 4 is 43.2 Å². The van der Waals surface area contributed by atoms with Gasteiger partial charge in [0.2, 0.25) is 0 Å². The van der Waals surface area contributed by atoms with Gasteiger partial charge >= 0.3 is 0 Å². The molecule has 0 fully saturated rings. The Labute approximate surface area is 133 Å². The van der Waals surface area contributed by atoms with Crippen molar-refractivity contribution < 1.29 is 0 Å². The Hall–Kier alpha value is -0.210. The van der Waals surface area contributed by atoms with E-state index in [9.17, 15) is 0 Å². The summed E-state index contributed by atoms with van der Waals surface area (Å²) in [4.78, 5) is 7.83. The molecule has 1 unspecified atom stereocenters. The Kier molecular flexibility index (Phi) is 5.19. The lowest BCUT2D eigenvalue weighted by Crippen LogP contribution is -2.30. The molecular formula is C12H16Br2N4S. The van der Waals surface area contributed by atoms with Crippen molar-refractivity contribution in [3.8, 4) is 0 Å². The maximum absolute atomic E-state index is 5.94. The average molecular weight is 408 g/mol. The van der Waals surface area contributed by atoms with Crippen LogP contribution in [0.25, 0.3) is 0 Å². The predicted octanol–water partition coefficient (Wildman–Crippen LogP) is 3.14. The molecule has 2 N–H and O–H groups in total. The zero-order chi connectivity index (χ0) is 14.0. The summed E-state index contributed by atoms with van der Waals surface area (Å²) in [7, 11) is 4.08. The van der Waals surface area contributed by atoms with Gasteiger partial charge in [-0.05, 0) is 45.0 Å². The molecule has 2 aromatic heterocycles. The molecule has 2 rings (SSSR count). The van der Waals surface area contributed by atoms with Crippen LogP contribution in [-0.4, -0.2) is 28.0 Å². The number of hydrogen-bond acceptors (Lipinski definition) is 4. The lowest BCUT2D eigenvalue weighted by Gasteiger charge is -2.25. The first kappa shape index (κ1) is 15.2. The fraction of sp³-hybridized carbons (Fsp3) is 0.417. The highest BCUT2D eigenvalue weighted by molar-refractivity contribution is 9.13. The van der Waals surface area contributed by atoms with Crippen molar-refractivity contribution in [1.82, 2.24) is 14.5 Å². The maximum Gasteiger partial charge on any atom is 0.122 e. The molecule has 0 aliphatic heterocycles. The van der Waals surface area contributed by atoms with Gasteiger partial charge in [-0.15, -0.1) is 11.3 Å². The van der Waals surface area contributed by atoms with Crippen molar-refractivity contribution in [3.63, 3.8) is 0 Å². The maximum atomic E-state index is 5.94. The van der Waals surface area contributed by atoms with Gasteiger partial charge in [0.25, 0.3) is 0 Å². The Morgan fingerprint density at radius 2 is 2.26 bits per heavy atom. The van der Waals surface area contributed by atoms with Crippen LogP contribution in [0.5, 0.6) is 0 Å². The zero-order valence-electron chi connectivity index (χ0n) is 10.8. The first-order valence-electron chi connectivity index (χ1n) is 5.84. The van der Waals surface area contributed by atoms with E-state index >= 15 is 0 Å². The normalized spacial score (nSPS) is 13.2. The lowest BCUT2D eigenvalue weighted by atomic mass is 10.2. The number of thiophene rings is 1. The van der Waals surface area contributed by atoms with Gasteiger partial charge in [0.15, 0.2) is 0 Å². The first-order chi connectivity index (χ1) is 9.02. The second-order valence-corrected chi connectivity index (χ2v) is 7.65. The number of aryl methyl sites for hydroxylation is 1. The minimum Gasteiger partial charge on any atom is -0.337 e. The summed E-state index contributed by atoms with van der Waals surface area (Å²) >= 11 is 8.77. The van der Waals surface area contributed by atoms with Crippen LogP contribution in [0.2, 0.25) is 0 Å². The summed E-state index contributed by atoms with van der Waals surface area (Å²) in [5.74, 6) is 1.04. The van der Waals surface area contributed by atoms with Crippen LogP contribution in [0.1, 0.15) is 16.7 Å². The number of halogens is 2. The second-order valence-electron chi connectivity index (χ2n) is 4.39. The smallest absolute Gasteiger partial charge is 0.122 e. The third-order valence-corrected chi connectivity index (χ3v) is 6.42. The molecule has 0 amide bonds. The van der Waals surface area contributed by atoms with E-state index in [-0.39, 0.29) is 6.04 Å². The molecule has 0 radical (unpaired) electrons. The molecule has 104 valence electrons. The first-order valence-corrected chi connectivity index (χ1v) is 8.24. The van der Waals surface area contributed by atoms with E-state index in [0.717, 1.165) is 20.6 Å². The molecule has 19 heavy (non-hydrogen) atoms. The number of hydrogen-bond donors (Lipinski definition) is 1. The standard InChI is InChI=1S/C12H16Br2N4S/c1-17-4-3-16-11(17)7-18(2)9(6-15)10-5-8(13)12(14)19-10/h3-5,9H,6-7,15H2,1-2H3. The Balaban J connectivity index is 2.15. The Morgan fingerprint density at radius 1 is 1.53 bits per heavy atom.